The molecule has 2 amide bonds. The number of nitrogens with one attached hydrogen (secondary N) is 2. The van der Waals surface area contributed by atoms with Crippen molar-refractivity contribution in [3.8, 4) is 10.6 Å². The SMILES string of the molecule is Cc1cccc(-c2nnc(NC(=O)C(NC(=O)CSc3ccccc3)C(C)C)s2)c1. The first kappa shape index (κ1) is 22.0. The summed E-state index contributed by atoms with van der Waals surface area (Å²) in [6.07, 6.45) is 0. The van der Waals surface area contributed by atoms with Gasteiger partial charge in [0, 0.05) is 10.5 Å². The second kappa shape index (κ2) is 10.4. The highest BCUT2D eigenvalue weighted by molar-refractivity contribution is 8.00. The normalized spacial score (nSPS) is 11.9. The van der Waals surface area contributed by atoms with Crippen LogP contribution in [-0.4, -0.2) is 33.8 Å². The number of thioether (sulfide) groups is 1. The summed E-state index contributed by atoms with van der Waals surface area (Å²) in [5.41, 5.74) is 2.09. The summed E-state index contributed by atoms with van der Waals surface area (Å²) in [4.78, 5) is 26.2. The van der Waals surface area contributed by atoms with Crippen molar-refractivity contribution in [1.29, 1.82) is 0 Å². The highest BCUT2D eigenvalue weighted by Crippen LogP contribution is 2.27. The summed E-state index contributed by atoms with van der Waals surface area (Å²) in [6.45, 7) is 5.81. The molecule has 8 heteroatoms. The maximum Gasteiger partial charge on any atom is 0.249 e. The topological polar surface area (TPSA) is 84.0 Å². The molecule has 0 radical (unpaired) electrons. The fourth-order valence-corrected chi connectivity index (χ4v) is 4.24. The molecule has 0 bridgehead atoms. The van der Waals surface area contributed by atoms with Gasteiger partial charge in [0.25, 0.3) is 0 Å². The van der Waals surface area contributed by atoms with E-state index < -0.39 is 6.04 Å². The number of aryl methyl sites for hydroxylation is 1. The van der Waals surface area contributed by atoms with Gasteiger partial charge in [0.05, 0.1) is 5.75 Å². The molecule has 1 unspecified atom stereocenters. The first-order chi connectivity index (χ1) is 14.4. The van der Waals surface area contributed by atoms with Gasteiger partial charge in [-0.1, -0.05) is 67.1 Å². The van der Waals surface area contributed by atoms with Gasteiger partial charge in [-0.3, -0.25) is 14.9 Å². The van der Waals surface area contributed by atoms with Crippen molar-refractivity contribution in [2.45, 2.75) is 31.7 Å². The summed E-state index contributed by atoms with van der Waals surface area (Å²) in [5.74, 6) is -0.304. The van der Waals surface area contributed by atoms with E-state index in [0.29, 0.717) is 5.13 Å². The van der Waals surface area contributed by atoms with E-state index >= 15 is 0 Å². The third-order valence-corrected chi connectivity index (χ3v) is 6.20. The van der Waals surface area contributed by atoms with E-state index in [9.17, 15) is 9.59 Å². The van der Waals surface area contributed by atoms with E-state index in [0.717, 1.165) is 21.0 Å². The molecule has 0 spiro atoms. The average molecular weight is 441 g/mol. The Morgan fingerprint density at radius 2 is 1.83 bits per heavy atom. The van der Waals surface area contributed by atoms with Crippen LogP contribution in [0.25, 0.3) is 10.6 Å². The van der Waals surface area contributed by atoms with E-state index in [1.807, 2.05) is 75.4 Å². The van der Waals surface area contributed by atoms with Crippen molar-refractivity contribution in [3.63, 3.8) is 0 Å². The minimum Gasteiger partial charge on any atom is -0.343 e. The zero-order valence-corrected chi connectivity index (χ0v) is 18.7. The first-order valence-corrected chi connectivity index (χ1v) is 11.4. The lowest BCUT2D eigenvalue weighted by atomic mass is 10.0. The van der Waals surface area contributed by atoms with Crippen LogP contribution in [0, 0.1) is 12.8 Å². The average Bonchev–Trinajstić information content (AvgIpc) is 3.19. The molecule has 3 rings (SSSR count). The predicted molar refractivity (Wildman–Crippen MR) is 123 cm³/mol. The van der Waals surface area contributed by atoms with Crippen LogP contribution in [-0.2, 0) is 9.59 Å². The van der Waals surface area contributed by atoms with Crippen molar-refractivity contribution >= 4 is 40.0 Å². The number of aromatic nitrogens is 2. The van der Waals surface area contributed by atoms with Crippen molar-refractivity contribution in [2.24, 2.45) is 5.92 Å². The summed E-state index contributed by atoms with van der Waals surface area (Å²) < 4.78 is 0. The zero-order chi connectivity index (χ0) is 21.5. The largest absolute Gasteiger partial charge is 0.343 e. The predicted octanol–water partition coefficient (Wildman–Crippen LogP) is 4.39. The van der Waals surface area contributed by atoms with Crippen molar-refractivity contribution < 1.29 is 9.59 Å². The summed E-state index contributed by atoms with van der Waals surface area (Å²) in [6, 6.07) is 17.0. The van der Waals surface area contributed by atoms with E-state index in [1.54, 1.807) is 0 Å². The van der Waals surface area contributed by atoms with Crippen molar-refractivity contribution in [2.75, 3.05) is 11.1 Å². The number of amides is 2. The number of benzene rings is 2. The Balaban J connectivity index is 1.59. The molecule has 0 fully saturated rings. The number of carbonyl (C=O) groups is 2. The number of carbonyl (C=O) groups excluding carboxylic acids is 2. The molecule has 2 N–H and O–H groups in total. The van der Waals surface area contributed by atoms with Gasteiger partial charge in [-0.2, -0.15) is 0 Å². The molecule has 1 heterocycles. The maximum absolute atomic E-state index is 12.8. The molecular formula is C22H24N4O2S2. The molecular weight excluding hydrogens is 416 g/mol. The molecule has 1 aromatic heterocycles. The van der Waals surface area contributed by atoms with Crippen LogP contribution in [0.4, 0.5) is 5.13 Å². The lowest BCUT2D eigenvalue weighted by Gasteiger charge is -2.20. The van der Waals surface area contributed by atoms with Crippen LogP contribution in [0.3, 0.4) is 0 Å². The van der Waals surface area contributed by atoms with Gasteiger partial charge < -0.3 is 5.32 Å². The van der Waals surface area contributed by atoms with Crippen molar-refractivity contribution in [3.05, 3.63) is 60.2 Å². The second-order valence-electron chi connectivity index (χ2n) is 7.16. The molecule has 30 heavy (non-hydrogen) atoms. The van der Waals surface area contributed by atoms with Crippen LogP contribution in [0.5, 0.6) is 0 Å². The monoisotopic (exact) mass is 440 g/mol. The minimum atomic E-state index is -0.653. The summed E-state index contributed by atoms with van der Waals surface area (Å²) in [5, 5.41) is 15.0. The Labute approximate surface area is 184 Å². The lowest BCUT2D eigenvalue weighted by Crippen LogP contribution is -2.47. The maximum atomic E-state index is 12.8. The molecule has 1 atom stereocenters. The van der Waals surface area contributed by atoms with Crippen LogP contribution in [0.15, 0.2) is 59.5 Å². The summed E-state index contributed by atoms with van der Waals surface area (Å²) in [7, 11) is 0. The Kier molecular flexibility index (Phi) is 7.59. The van der Waals surface area contributed by atoms with Gasteiger partial charge in [-0.15, -0.1) is 22.0 Å². The number of anilines is 1. The van der Waals surface area contributed by atoms with Gasteiger partial charge in [-0.05, 0) is 31.0 Å². The highest BCUT2D eigenvalue weighted by atomic mass is 32.2. The highest BCUT2D eigenvalue weighted by Gasteiger charge is 2.25. The van der Waals surface area contributed by atoms with Crippen LogP contribution in [0.2, 0.25) is 0 Å². The second-order valence-corrected chi connectivity index (χ2v) is 9.19. The standard InChI is InChI=1S/C22H24N4O2S2/c1-14(2)19(23-18(27)13-29-17-10-5-4-6-11-17)20(28)24-22-26-25-21(30-22)16-9-7-8-15(3)12-16/h4-12,14,19H,13H2,1-3H3,(H,23,27)(H,24,26,28). The van der Waals surface area contributed by atoms with Gasteiger partial charge in [0.15, 0.2) is 0 Å². The fraction of sp³-hybridized carbons (Fsp3) is 0.273. The molecule has 0 aliphatic carbocycles. The van der Waals surface area contributed by atoms with Gasteiger partial charge in [0.1, 0.15) is 11.0 Å². The Hall–Kier alpha value is -2.71. The quantitative estimate of drug-likeness (QED) is 0.508. The Morgan fingerprint density at radius 1 is 1.07 bits per heavy atom. The zero-order valence-electron chi connectivity index (χ0n) is 17.1. The van der Waals surface area contributed by atoms with Gasteiger partial charge in [0.2, 0.25) is 16.9 Å². The molecule has 156 valence electrons. The number of hydrogen-bond acceptors (Lipinski definition) is 6. The molecule has 0 aliphatic heterocycles. The van der Waals surface area contributed by atoms with E-state index in [4.69, 9.17) is 0 Å². The molecule has 6 nitrogen and oxygen atoms in total. The van der Waals surface area contributed by atoms with Crippen LogP contribution in [0.1, 0.15) is 19.4 Å². The Bertz CT molecular complexity index is 1010. The third kappa shape index (κ3) is 6.14. The summed E-state index contributed by atoms with van der Waals surface area (Å²) >= 11 is 2.74. The van der Waals surface area contributed by atoms with Gasteiger partial charge in [-0.25, -0.2) is 0 Å². The first-order valence-electron chi connectivity index (χ1n) is 9.61. The lowest BCUT2D eigenvalue weighted by molar-refractivity contribution is -0.125. The number of hydrogen-bond donors (Lipinski definition) is 2. The molecule has 3 aromatic rings. The fourth-order valence-electron chi connectivity index (χ4n) is 2.77. The van der Waals surface area contributed by atoms with Crippen molar-refractivity contribution in [1.82, 2.24) is 15.5 Å². The molecule has 0 saturated carbocycles. The van der Waals surface area contributed by atoms with Crippen LogP contribution >= 0.6 is 23.1 Å². The smallest absolute Gasteiger partial charge is 0.249 e. The molecule has 2 aromatic carbocycles. The van der Waals surface area contributed by atoms with E-state index in [2.05, 4.69) is 20.8 Å². The number of nitrogens with zero attached hydrogens (tertiary/aromatic N) is 2. The third-order valence-electron chi connectivity index (χ3n) is 4.30. The molecule has 0 saturated heterocycles. The van der Waals surface area contributed by atoms with E-state index in [-0.39, 0.29) is 23.5 Å². The number of rotatable bonds is 8. The van der Waals surface area contributed by atoms with Crippen LogP contribution < -0.4 is 10.6 Å². The van der Waals surface area contributed by atoms with Gasteiger partial charge >= 0.3 is 0 Å². The van der Waals surface area contributed by atoms with E-state index in [1.165, 1.54) is 23.1 Å². The molecule has 0 aliphatic rings. The Morgan fingerprint density at radius 3 is 2.53 bits per heavy atom. The minimum absolute atomic E-state index is 0.0696.